The number of pyridine rings is 1. The van der Waals surface area contributed by atoms with Gasteiger partial charge in [0.2, 0.25) is 5.91 Å². The maximum atomic E-state index is 13.5. The highest BCUT2D eigenvalue weighted by Gasteiger charge is 2.44. The molecule has 1 aliphatic heterocycles. The number of rotatable bonds is 7. The number of likely N-dealkylation sites (tertiary alicyclic amines) is 1. The summed E-state index contributed by atoms with van der Waals surface area (Å²) in [5, 5.41) is 3.01. The summed E-state index contributed by atoms with van der Waals surface area (Å²) >= 11 is 0. The van der Waals surface area contributed by atoms with Crippen LogP contribution in [0.25, 0.3) is 11.1 Å². The summed E-state index contributed by atoms with van der Waals surface area (Å²) in [4.78, 5) is 32.7. The number of nitrogens with one attached hydrogen (secondary N) is 1. The first kappa shape index (κ1) is 22.5. The number of amides is 2. The second-order valence-electron chi connectivity index (χ2n) is 8.52. The molecule has 0 saturated carbocycles. The van der Waals surface area contributed by atoms with Crippen molar-refractivity contribution in [1.29, 1.82) is 0 Å². The van der Waals surface area contributed by atoms with E-state index in [-0.39, 0.29) is 11.8 Å². The van der Waals surface area contributed by atoms with E-state index in [9.17, 15) is 9.59 Å². The van der Waals surface area contributed by atoms with Crippen molar-refractivity contribution in [2.45, 2.75) is 19.3 Å². The quantitative estimate of drug-likeness (QED) is 0.551. The summed E-state index contributed by atoms with van der Waals surface area (Å²) < 4.78 is 0. The number of nitrogens with zero attached hydrogens (tertiary/aromatic N) is 2. The fourth-order valence-electron chi connectivity index (χ4n) is 4.66. The zero-order chi connectivity index (χ0) is 23.1. The third-order valence-corrected chi connectivity index (χ3v) is 6.27. The average Bonchev–Trinajstić information content (AvgIpc) is 2.88. The van der Waals surface area contributed by atoms with Crippen LogP contribution in [-0.2, 0) is 11.2 Å². The van der Waals surface area contributed by atoms with Crippen LogP contribution in [0.1, 0.15) is 28.9 Å². The second kappa shape index (κ2) is 10.3. The van der Waals surface area contributed by atoms with Crippen molar-refractivity contribution >= 4 is 11.8 Å². The second-order valence-corrected chi connectivity index (χ2v) is 8.52. The molecule has 33 heavy (non-hydrogen) atoms. The molecule has 5 heteroatoms. The Morgan fingerprint density at radius 2 is 1.79 bits per heavy atom. The molecule has 2 heterocycles. The molecule has 2 amide bonds. The summed E-state index contributed by atoms with van der Waals surface area (Å²) in [6.45, 7) is 5.10. The molecule has 1 aliphatic rings. The molecule has 0 radical (unpaired) electrons. The lowest BCUT2D eigenvalue weighted by Gasteiger charge is -2.42. The van der Waals surface area contributed by atoms with Crippen molar-refractivity contribution < 1.29 is 9.59 Å². The lowest BCUT2D eigenvalue weighted by atomic mass is 9.73. The molecule has 1 N–H and O–H groups in total. The zero-order valence-corrected chi connectivity index (χ0v) is 18.7. The summed E-state index contributed by atoms with van der Waals surface area (Å²) in [5.74, 6) is -0.170. The maximum Gasteiger partial charge on any atom is 0.272 e. The van der Waals surface area contributed by atoms with Gasteiger partial charge in [-0.15, -0.1) is 6.58 Å². The van der Waals surface area contributed by atoms with E-state index in [0.717, 1.165) is 23.1 Å². The van der Waals surface area contributed by atoms with Crippen LogP contribution in [0.3, 0.4) is 0 Å². The molecule has 1 atom stereocenters. The van der Waals surface area contributed by atoms with Gasteiger partial charge >= 0.3 is 0 Å². The largest absolute Gasteiger partial charge is 0.352 e. The fourth-order valence-corrected chi connectivity index (χ4v) is 4.66. The van der Waals surface area contributed by atoms with Gasteiger partial charge in [0.15, 0.2) is 0 Å². The molecule has 0 aliphatic carbocycles. The van der Waals surface area contributed by atoms with Gasteiger partial charge < -0.3 is 10.2 Å². The minimum Gasteiger partial charge on any atom is -0.352 e. The normalized spacial score (nSPS) is 17.9. The first-order valence-electron chi connectivity index (χ1n) is 11.4. The molecule has 0 bridgehead atoms. The van der Waals surface area contributed by atoms with Crippen LogP contribution in [0.15, 0.2) is 91.6 Å². The molecule has 1 aromatic heterocycles. The van der Waals surface area contributed by atoms with E-state index in [1.165, 1.54) is 0 Å². The first-order valence-corrected chi connectivity index (χ1v) is 11.4. The van der Waals surface area contributed by atoms with Gasteiger partial charge in [0.25, 0.3) is 5.91 Å². The molecular weight excluding hydrogens is 410 g/mol. The maximum absolute atomic E-state index is 13.5. The predicted octanol–water partition coefficient (Wildman–Crippen LogP) is 4.52. The van der Waals surface area contributed by atoms with Crippen molar-refractivity contribution in [3.05, 3.63) is 103 Å². The van der Waals surface area contributed by atoms with Gasteiger partial charge in [-0.05, 0) is 48.1 Å². The van der Waals surface area contributed by atoms with Crippen LogP contribution in [0.4, 0.5) is 0 Å². The molecule has 1 fully saturated rings. The Balaban J connectivity index is 1.68. The molecule has 0 spiro atoms. The lowest BCUT2D eigenvalue weighted by Crippen LogP contribution is -2.54. The number of carbonyl (C=O) groups excluding carboxylic acids is 2. The van der Waals surface area contributed by atoms with E-state index < -0.39 is 5.41 Å². The van der Waals surface area contributed by atoms with Crippen LogP contribution in [0.2, 0.25) is 0 Å². The topological polar surface area (TPSA) is 62.3 Å². The van der Waals surface area contributed by atoms with Crippen molar-refractivity contribution in [3.8, 4) is 11.1 Å². The van der Waals surface area contributed by atoms with Crippen molar-refractivity contribution in [1.82, 2.24) is 15.2 Å². The van der Waals surface area contributed by atoms with Crippen LogP contribution in [-0.4, -0.2) is 41.3 Å². The van der Waals surface area contributed by atoms with Gasteiger partial charge in [0.05, 0.1) is 5.41 Å². The smallest absolute Gasteiger partial charge is 0.272 e. The third-order valence-electron chi connectivity index (χ3n) is 6.27. The molecule has 168 valence electrons. The number of benzene rings is 2. The summed E-state index contributed by atoms with van der Waals surface area (Å²) in [6, 6.07) is 23.8. The fraction of sp³-hybridized carbons (Fsp3) is 0.250. The zero-order valence-electron chi connectivity index (χ0n) is 18.7. The standard InChI is InChI=1S/C28H29N3O2/c1-2-17-30-27(33)28(16-10-19-31(21-28)26(32)25-15-8-9-18-29-25)20-23-13-6-7-14-24(23)22-11-4-3-5-12-22/h2-9,11-15,18H,1,10,16-17,19-21H2,(H,30,33). The monoisotopic (exact) mass is 439 g/mol. The number of aromatic nitrogens is 1. The van der Waals surface area contributed by atoms with E-state index >= 15 is 0 Å². The van der Waals surface area contributed by atoms with Crippen LogP contribution in [0.5, 0.6) is 0 Å². The average molecular weight is 440 g/mol. The van der Waals surface area contributed by atoms with Crippen LogP contribution >= 0.6 is 0 Å². The van der Waals surface area contributed by atoms with Crippen molar-refractivity contribution in [2.24, 2.45) is 5.41 Å². The molecule has 2 aromatic carbocycles. The Bertz CT molecular complexity index is 1110. The van der Waals surface area contributed by atoms with E-state index in [4.69, 9.17) is 0 Å². The molecule has 3 aromatic rings. The third kappa shape index (κ3) is 5.03. The van der Waals surface area contributed by atoms with Gasteiger partial charge in [0, 0.05) is 25.8 Å². The SMILES string of the molecule is C=CCNC(=O)C1(Cc2ccccc2-c2ccccc2)CCCN(C(=O)c2ccccn2)C1. The summed E-state index contributed by atoms with van der Waals surface area (Å²) in [5.41, 5.74) is 3.01. The molecule has 5 nitrogen and oxygen atoms in total. The van der Waals surface area contributed by atoms with E-state index in [1.807, 2.05) is 36.4 Å². The summed E-state index contributed by atoms with van der Waals surface area (Å²) in [6.07, 6.45) is 5.33. The predicted molar refractivity (Wildman–Crippen MR) is 131 cm³/mol. The van der Waals surface area contributed by atoms with Crippen molar-refractivity contribution in [3.63, 3.8) is 0 Å². The Kier molecular flexibility index (Phi) is 6.98. The lowest BCUT2D eigenvalue weighted by molar-refractivity contribution is -0.133. The number of piperidine rings is 1. The Morgan fingerprint density at radius 3 is 2.55 bits per heavy atom. The molecule has 1 saturated heterocycles. The minimum atomic E-state index is -0.726. The number of hydrogen-bond donors (Lipinski definition) is 1. The van der Waals surface area contributed by atoms with Crippen LogP contribution < -0.4 is 5.32 Å². The highest BCUT2D eigenvalue weighted by atomic mass is 16.2. The number of hydrogen-bond acceptors (Lipinski definition) is 3. The Morgan fingerprint density at radius 1 is 1.03 bits per heavy atom. The van der Waals surface area contributed by atoms with Gasteiger partial charge in [0.1, 0.15) is 5.69 Å². The van der Waals surface area contributed by atoms with Gasteiger partial charge in [-0.3, -0.25) is 14.6 Å². The van der Waals surface area contributed by atoms with Gasteiger partial charge in [-0.2, -0.15) is 0 Å². The van der Waals surface area contributed by atoms with Gasteiger partial charge in [-0.25, -0.2) is 0 Å². The Hall–Kier alpha value is -3.73. The van der Waals surface area contributed by atoms with E-state index in [2.05, 4.69) is 41.1 Å². The highest BCUT2D eigenvalue weighted by Crippen LogP contribution is 2.37. The summed E-state index contributed by atoms with van der Waals surface area (Å²) in [7, 11) is 0. The van der Waals surface area contributed by atoms with E-state index in [1.54, 1.807) is 29.3 Å². The number of carbonyl (C=O) groups is 2. The minimum absolute atomic E-state index is 0.0382. The highest BCUT2D eigenvalue weighted by molar-refractivity contribution is 5.93. The van der Waals surface area contributed by atoms with Crippen LogP contribution in [0, 0.1) is 5.41 Å². The molecule has 4 rings (SSSR count). The molecule has 1 unspecified atom stereocenters. The van der Waals surface area contributed by atoms with E-state index in [0.29, 0.717) is 38.2 Å². The van der Waals surface area contributed by atoms with Crippen molar-refractivity contribution in [2.75, 3.05) is 19.6 Å². The molecular formula is C28H29N3O2. The Labute approximate surface area is 195 Å². The van der Waals surface area contributed by atoms with Gasteiger partial charge in [-0.1, -0.05) is 66.7 Å². The first-order chi connectivity index (χ1) is 16.1.